The van der Waals surface area contributed by atoms with E-state index in [1.54, 1.807) is 0 Å². The second-order valence-electron chi connectivity index (χ2n) is 6.26. The van der Waals surface area contributed by atoms with Gasteiger partial charge in [0.2, 0.25) is 5.91 Å². The number of hydrogen-bond acceptors (Lipinski definition) is 2. The molecule has 0 aromatic heterocycles. The number of carbonyl (C=O) groups is 1. The smallest absolute Gasteiger partial charge is 0.227 e. The second-order valence-corrected chi connectivity index (χ2v) is 6.26. The molecule has 1 heterocycles. The fraction of sp³-hybridized carbons (Fsp3) is 0.933. The Balaban J connectivity index is 2.46. The summed E-state index contributed by atoms with van der Waals surface area (Å²) in [5, 5.41) is 6.59. The van der Waals surface area contributed by atoms with Gasteiger partial charge in [0, 0.05) is 12.6 Å². The number of rotatable bonds is 6. The molecule has 0 bridgehead atoms. The molecule has 0 radical (unpaired) electrons. The van der Waals surface area contributed by atoms with Gasteiger partial charge in [-0.3, -0.25) is 4.79 Å². The van der Waals surface area contributed by atoms with Crippen LogP contribution in [0.3, 0.4) is 0 Å². The van der Waals surface area contributed by atoms with Crippen LogP contribution in [0, 0.1) is 11.3 Å². The molecule has 2 unspecified atom stereocenters. The Morgan fingerprint density at radius 2 is 2.06 bits per heavy atom. The lowest BCUT2D eigenvalue weighted by atomic mass is 9.77. The lowest BCUT2D eigenvalue weighted by Gasteiger charge is -2.36. The van der Waals surface area contributed by atoms with E-state index in [0.29, 0.717) is 12.0 Å². The standard InChI is InChI=1S/C15H30N2O/c1-5-15(9-6-10-16-11-15)14(18)17-13(4)8-7-12(2)3/h12-13,16H,5-11H2,1-4H3,(H,17,18). The lowest BCUT2D eigenvalue weighted by Crippen LogP contribution is -2.52. The molecule has 3 nitrogen and oxygen atoms in total. The van der Waals surface area contributed by atoms with E-state index in [9.17, 15) is 4.79 Å². The topological polar surface area (TPSA) is 41.1 Å². The zero-order valence-electron chi connectivity index (χ0n) is 12.5. The van der Waals surface area contributed by atoms with Gasteiger partial charge in [0.25, 0.3) is 0 Å². The van der Waals surface area contributed by atoms with Crippen LogP contribution in [0.5, 0.6) is 0 Å². The highest BCUT2D eigenvalue weighted by atomic mass is 16.2. The summed E-state index contributed by atoms with van der Waals surface area (Å²) in [6, 6.07) is 0.297. The van der Waals surface area contributed by atoms with Crippen molar-refractivity contribution in [1.29, 1.82) is 0 Å². The maximum absolute atomic E-state index is 12.5. The van der Waals surface area contributed by atoms with E-state index >= 15 is 0 Å². The van der Waals surface area contributed by atoms with Crippen LogP contribution in [0.1, 0.15) is 59.8 Å². The third-order valence-corrected chi connectivity index (χ3v) is 4.19. The van der Waals surface area contributed by atoms with Crippen molar-refractivity contribution in [2.45, 2.75) is 65.8 Å². The Labute approximate surface area is 112 Å². The second kappa shape index (κ2) is 7.13. The zero-order valence-corrected chi connectivity index (χ0v) is 12.5. The monoisotopic (exact) mass is 254 g/mol. The minimum Gasteiger partial charge on any atom is -0.353 e. The average molecular weight is 254 g/mol. The maximum atomic E-state index is 12.5. The van der Waals surface area contributed by atoms with Gasteiger partial charge in [-0.25, -0.2) is 0 Å². The molecule has 0 aromatic carbocycles. The van der Waals surface area contributed by atoms with Crippen molar-refractivity contribution in [3.63, 3.8) is 0 Å². The number of nitrogens with one attached hydrogen (secondary N) is 2. The van der Waals surface area contributed by atoms with Crippen molar-refractivity contribution in [2.75, 3.05) is 13.1 Å². The molecule has 2 N–H and O–H groups in total. The van der Waals surface area contributed by atoms with Gasteiger partial charge in [-0.2, -0.15) is 0 Å². The Kier molecular flexibility index (Phi) is 6.13. The van der Waals surface area contributed by atoms with Crippen LogP contribution in [-0.4, -0.2) is 25.0 Å². The van der Waals surface area contributed by atoms with Gasteiger partial charge in [-0.05, 0) is 51.5 Å². The van der Waals surface area contributed by atoms with E-state index in [1.165, 1.54) is 6.42 Å². The van der Waals surface area contributed by atoms with Gasteiger partial charge in [0.15, 0.2) is 0 Å². The third kappa shape index (κ3) is 4.27. The summed E-state index contributed by atoms with van der Waals surface area (Å²) in [5.41, 5.74) is -0.162. The highest BCUT2D eigenvalue weighted by Gasteiger charge is 2.38. The summed E-state index contributed by atoms with van der Waals surface area (Å²) in [4.78, 5) is 12.5. The summed E-state index contributed by atoms with van der Waals surface area (Å²) >= 11 is 0. The van der Waals surface area contributed by atoms with Crippen molar-refractivity contribution < 1.29 is 4.79 Å². The van der Waals surface area contributed by atoms with E-state index < -0.39 is 0 Å². The van der Waals surface area contributed by atoms with Gasteiger partial charge in [0.1, 0.15) is 0 Å². The molecule has 1 saturated heterocycles. The molecule has 0 spiro atoms. The summed E-state index contributed by atoms with van der Waals surface area (Å²) < 4.78 is 0. The molecule has 2 atom stereocenters. The van der Waals surface area contributed by atoms with Crippen LogP contribution in [0.25, 0.3) is 0 Å². The number of hydrogen-bond donors (Lipinski definition) is 2. The quantitative estimate of drug-likeness (QED) is 0.765. The molecular weight excluding hydrogens is 224 g/mol. The van der Waals surface area contributed by atoms with Crippen molar-refractivity contribution in [3.8, 4) is 0 Å². The summed E-state index contributed by atoms with van der Waals surface area (Å²) in [6.07, 6.45) is 5.33. The van der Waals surface area contributed by atoms with Crippen molar-refractivity contribution >= 4 is 5.91 Å². The van der Waals surface area contributed by atoms with Crippen LogP contribution in [0.4, 0.5) is 0 Å². The predicted octanol–water partition coefficient (Wildman–Crippen LogP) is 2.71. The Hall–Kier alpha value is -0.570. The fourth-order valence-corrected chi connectivity index (χ4v) is 2.66. The molecule has 0 aromatic rings. The maximum Gasteiger partial charge on any atom is 0.227 e. The molecule has 1 amide bonds. The van der Waals surface area contributed by atoms with Crippen molar-refractivity contribution in [3.05, 3.63) is 0 Å². The first-order chi connectivity index (χ1) is 8.50. The van der Waals surface area contributed by atoms with Gasteiger partial charge in [-0.1, -0.05) is 20.8 Å². The third-order valence-electron chi connectivity index (χ3n) is 4.19. The molecule has 1 rings (SSSR count). The Bertz CT molecular complexity index is 257. The van der Waals surface area contributed by atoms with Gasteiger partial charge in [0.05, 0.1) is 5.41 Å². The van der Waals surface area contributed by atoms with Crippen molar-refractivity contribution in [1.82, 2.24) is 10.6 Å². The van der Waals surface area contributed by atoms with Crippen LogP contribution >= 0.6 is 0 Å². The molecule has 18 heavy (non-hydrogen) atoms. The van der Waals surface area contributed by atoms with Gasteiger partial charge in [-0.15, -0.1) is 0 Å². The average Bonchev–Trinajstić information content (AvgIpc) is 2.37. The fourth-order valence-electron chi connectivity index (χ4n) is 2.66. The molecule has 1 fully saturated rings. The van der Waals surface area contributed by atoms with Crippen LogP contribution < -0.4 is 10.6 Å². The van der Waals surface area contributed by atoms with Gasteiger partial charge >= 0.3 is 0 Å². The van der Waals surface area contributed by atoms with E-state index in [4.69, 9.17) is 0 Å². The van der Waals surface area contributed by atoms with Crippen LogP contribution in [-0.2, 0) is 4.79 Å². The normalized spacial score (nSPS) is 26.1. The first-order valence-electron chi connectivity index (χ1n) is 7.52. The number of piperidine rings is 1. The molecule has 0 saturated carbocycles. The molecular formula is C15H30N2O. The zero-order chi connectivity index (χ0) is 13.6. The van der Waals surface area contributed by atoms with E-state index in [-0.39, 0.29) is 11.3 Å². The molecule has 1 aliphatic rings. The minimum atomic E-state index is -0.162. The number of amides is 1. The van der Waals surface area contributed by atoms with Crippen LogP contribution in [0.15, 0.2) is 0 Å². The summed E-state index contributed by atoms with van der Waals surface area (Å²) in [5.74, 6) is 0.967. The van der Waals surface area contributed by atoms with E-state index in [0.717, 1.165) is 38.8 Å². The first-order valence-corrected chi connectivity index (χ1v) is 7.52. The summed E-state index contributed by atoms with van der Waals surface area (Å²) in [7, 11) is 0. The van der Waals surface area contributed by atoms with Gasteiger partial charge < -0.3 is 10.6 Å². The largest absolute Gasteiger partial charge is 0.353 e. The predicted molar refractivity (Wildman–Crippen MR) is 76.5 cm³/mol. The Morgan fingerprint density at radius 3 is 2.56 bits per heavy atom. The van der Waals surface area contributed by atoms with Crippen LogP contribution in [0.2, 0.25) is 0 Å². The van der Waals surface area contributed by atoms with E-state index in [2.05, 4.69) is 38.3 Å². The molecule has 0 aliphatic carbocycles. The molecule has 3 heteroatoms. The highest BCUT2D eigenvalue weighted by molar-refractivity contribution is 5.83. The molecule has 1 aliphatic heterocycles. The minimum absolute atomic E-state index is 0.162. The number of carbonyl (C=O) groups excluding carboxylic acids is 1. The molecule has 106 valence electrons. The van der Waals surface area contributed by atoms with Crippen molar-refractivity contribution in [2.24, 2.45) is 11.3 Å². The SMILES string of the molecule is CCC1(C(=O)NC(C)CCC(C)C)CCCNC1. The highest BCUT2D eigenvalue weighted by Crippen LogP contribution is 2.30. The van der Waals surface area contributed by atoms with E-state index in [1.807, 2.05) is 0 Å². The summed E-state index contributed by atoms with van der Waals surface area (Å²) in [6.45, 7) is 10.6. The Morgan fingerprint density at radius 1 is 1.33 bits per heavy atom. The lowest BCUT2D eigenvalue weighted by molar-refractivity contribution is -0.133. The first kappa shape index (κ1) is 15.5.